The van der Waals surface area contributed by atoms with Gasteiger partial charge in [0.15, 0.2) is 5.76 Å². The summed E-state index contributed by atoms with van der Waals surface area (Å²) in [5.74, 6) is 1.75. The number of rotatable bonds is 6. The summed E-state index contributed by atoms with van der Waals surface area (Å²) in [4.78, 5) is 0. The first-order valence-corrected chi connectivity index (χ1v) is 7.31. The predicted molar refractivity (Wildman–Crippen MR) is 80.7 cm³/mol. The Morgan fingerprint density at radius 3 is 2.80 bits per heavy atom. The first-order chi connectivity index (χ1) is 9.65. The van der Waals surface area contributed by atoms with Gasteiger partial charge in [0.2, 0.25) is 0 Å². The quantitative estimate of drug-likeness (QED) is 0.861. The lowest BCUT2D eigenvalue weighted by Gasteiger charge is -2.09. The van der Waals surface area contributed by atoms with E-state index in [0.29, 0.717) is 0 Å². The molecule has 1 heterocycles. The molecule has 108 valence electrons. The van der Waals surface area contributed by atoms with E-state index in [1.54, 1.807) is 0 Å². The van der Waals surface area contributed by atoms with Gasteiger partial charge in [0, 0.05) is 10.6 Å². The molecule has 4 heteroatoms. The van der Waals surface area contributed by atoms with E-state index in [2.05, 4.69) is 12.2 Å². The lowest BCUT2D eigenvalue weighted by molar-refractivity contribution is -0.707. The molecule has 0 spiro atoms. The van der Waals surface area contributed by atoms with Crippen molar-refractivity contribution in [2.24, 2.45) is 0 Å². The zero-order chi connectivity index (χ0) is 14.5. The predicted octanol–water partition coefficient (Wildman–Crippen LogP) is 2.74. The standard InChI is InChI=1S/C16H20ClNO2/c1-3-12(10-19)18-9-13-7-8-16(20-13)14-5-4-6-15(17)11(14)2/h4-8,12,18-19H,3,9-10H2,1-2H3/p+1/t12-/m0/s1. The highest BCUT2D eigenvalue weighted by Crippen LogP contribution is 2.29. The Hall–Kier alpha value is -1.29. The van der Waals surface area contributed by atoms with Gasteiger partial charge in [-0.1, -0.05) is 30.7 Å². The third-order valence-corrected chi connectivity index (χ3v) is 4.02. The van der Waals surface area contributed by atoms with E-state index in [1.165, 1.54) is 0 Å². The van der Waals surface area contributed by atoms with E-state index in [0.717, 1.165) is 40.6 Å². The van der Waals surface area contributed by atoms with Crippen LogP contribution in [0.2, 0.25) is 5.02 Å². The zero-order valence-electron chi connectivity index (χ0n) is 11.9. The van der Waals surface area contributed by atoms with E-state index >= 15 is 0 Å². The van der Waals surface area contributed by atoms with Crippen molar-refractivity contribution < 1.29 is 14.8 Å². The Morgan fingerprint density at radius 1 is 1.30 bits per heavy atom. The van der Waals surface area contributed by atoms with Gasteiger partial charge < -0.3 is 14.8 Å². The van der Waals surface area contributed by atoms with Crippen LogP contribution in [0.25, 0.3) is 11.3 Å². The van der Waals surface area contributed by atoms with Crippen LogP contribution in [0.4, 0.5) is 0 Å². The number of hydrogen-bond acceptors (Lipinski definition) is 2. The van der Waals surface area contributed by atoms with Crippen molar-refractivity contribution in [3.8, 4) is 11.3 Å². The van der Waals surface area contributed by atoms with Gasteiger partial charge >= 0.3 is 0 Å². The largest absolute Gasteiger partial charge is 0.455 e. The number of hydrogen-bond donors (Lipinski definition) is 2. The zero-order valence-corrected chi connectivity index (χ0v) is 12.7. The monoisotopic (exact) mass is 294 g/mol. The second-order valence-electron chi connectivity index (χ2n) is 4.97. The van der Waals surface area contributed by atoms with Crippen LogP contribution in [-0.4, -0.2) is 17.8 Å². The fourth-order valence-electron chi connectivity index (χ4n) is 2.16. The van der Waals surface area contributed by atoms with Crippen molar-refractivity contribution in [2.75, 3.05) is 6.61 Å². The molecule has 0 bridgehead atoms. The highest BCUT2D eigenvalue weighted by Gasteiger charge is 2.12. The molecule has 1 atom stereocenters. The molecule has 0 aliphatic rings. The van der Waals surface area contributed by atoms with Crippen LogP contribution < -0.4 is 5.32 Å². The average Bonchev–Trinajstić information content (AvgIpc) is 2.92. The molecule has 0 saturated heterocycles. The number of aliphatic hydroxyl groups excluding tert-OH is 1. The van der Waals surface area contributed by atoms with Crippen LogP contribution in [0, 0.1) is 6.92 Å². The van der Waals surface area contributed by atoms with Gasteiger partial charge in [-0.25, -0.2) is 0 Å². The Bertz CT molecular complexity index is 561. The lowest BCUT2D eigenvalue weighted by atomic mass is 10.1. The smallest absolute Gasteiger partial charge is 0.158 e. The van der Waals surface area contributed by atoms with Crippen LogP contribution in [0.5, 0.6) is 0 Å². The summed E-state index contributed by atoms with van der Waals surface area (Å²) in [6.07, 6.45) is 0.942. The summed E-state index contributed by atoms with van der Waals surface area (Å²) in [7, 11) is 0. The summed E-state index contributed by atoms with van der Waals surface area (Å²) in [5, 5.41) is 12.0. The third kappa shape index (κ3) is 3.42. The molecule has 20 heavy (non-hydrogen) atoms. The lowest BCUT2D eigenvalue weighted by Crippen LogP contribution is -2.89. The minimum atomic E-state index is 0.192. The number of nitrogens with two attached hydrogens (primary N) is 1. The van der Waals surface area contributed by atoms with Crippen LogP contribution in [0.15, 0.2) is 34.7 Å². The van der Waals surface area contributed by atoms with E-state index in [9.17, 15) is 5.11 Å². The molecule has 0 aliphatic carbocycles. The minimum Gasteiger partial charge on any atom is -0.455 e. The summed E-state index contributed by atoms with van der Waals surface area (Å²) in [6.45, 7) is 4.99. The number of aliphatic hydroxyl groups is 1. The molecule has 1 aromatic carbocycles. The Morgan fingerprint density at radius 2 is 2.10 bits per heavy atom. The van der Waals surface area contributed by atoms with Crippen LogP contribution in [0.3, 0.4) is 0 Å². The number of quaternary nitrogens is 1. The minimum absolute atomic E-state index is 0.192. The first kappa shape index (κ1) is 15.1. The number of halogens is 1. The fourth-order valence-corrected chi connectivity index (χ4v) is 2.33. The summed E-state index contributed by atoms with van der Waals surface area (Å²) in [6, 6.07) is 10.0. The molecule has 2 aromatic rings. The molecule has 0 fully saturated rings. The molecular formula is C16H21ClNO2+. The molecule has 2 rings (SSSR count). The number of benzene rings is 1. The van der Waals surface area contributed by atoms with Gasteiger partial charge in [-0.15, -0.1) is 0 Å². The second kappa shape index (κ2) is 6.93. The normalized spacial score (nSPS) is 12.6. The van der Waals surface area contributed by atoms with E-state index in [-0.39, 0.29) is 12.6 Å². The molecule has 0 aliphatic heterocycles. The average molecular weight is 295 g/mol. The van der Waals surface area contributed by atoms with E-state index < -0.39 is 0 Å². The van der Waals surface area contributed by atoms with Gasteiger partial charge in [0.25, 0.3) is 0 Å². The second-order valence-corrected chi connectivity index (χ2v) is 5.38. The molecular weight excluding hydrogens is 274 g/mol. The SMILES string of the molecule is CC[C@@H](CO)[NH2+]Cc1ccc(-c2cccc(Cl)c2C)o1. The maximum absolute atomic E-state index is 9.18. The maximum atomic E-state index is 9.18. The molecule has 1 aromatic heterocycles. The molecule has 3 N–H and O–H groups in total. The van der Waals surface area contributed by atoms with E-state index in [1.807, 2.05) is 37.3 Å². The molecule has 3 nitrogen and oxygen atoms in total. The Labute approximate surface area is 124 Å². The third-order valence-electron chi connectivity index (χ3n) is 3.61. The van der Waals surface area contributed by atoms with E-state index in [4.69, 9.17) is 16.0 Å². The van der Waals surface area contributed by atoms with Gasteiger partial charge in [0.05, 0.1) is 6.61 Å². The summed E-state index contributed by atoms with van der Waals surface area (Å²) in [5.41, 5.74) is 2.05. The van der Waals surface area contributed by atoms with Crippen LogP contribution in [0.1, 0.15) is 24.7 Å². The first-order valence-electron chi connectivity index (χ1n) is 6.94. The summed E-state index contributed by atoms with van der Waals surface area (Å²) < 4.78 is 5.87. The molecule has 0 amide bonds. The van der Waals surface area contributed by atoms with Gasteiger partial charge in [-0.3, -0.25) is 0 Å². The van der Waals surface area contributed by atoms with Crippen molar-refractivity contribution in [2.45, 2.75) is 32.9 Å². The van der Waals surface area contributed by atoms with Crippen molar-refractivity contribution >= 4 is 11.6 Å². The van der Waals surface area contributed by atoms with Crippen molar-refractivity contribution in [3.63, 3.8) is 0 Å². The highest BCUT2D eigenvalue weighted by atomic mass is 35.5. The molecule has 0 radical (unpaired) electrons. The Balaban J connectivity index is 2.11. The molecule has 0 unspecified atom stereocenters. The summed E-state index contributed by atoms with van der Waals surface area (Å²) >= 11 is 6.14. The fraction of sp³-hybridized carbons (Fsp3) is 0.375. The topological polar surface area (TPSA) is 50.0 Å². The maximum Gasteiger partial charge on any atom is 0.158 e. The van der Waals surface area contributed by atoms with Crippen LogP contribution in [-0.2, 0) is 6.54 Å². The van der Waals surface area contributed by atoms with Crippen molar-refractivity contribution in [1.29, 1.82) is 0 Å². The van der Waals surface area contributed by atoms with Gasteiger partial charge in [0.1, 0.15) is 18.3 Å². The van der Waals surface area contributed by atoms with Crippen molar-refractivity contribution in [3.05, 3.63) is 46.7 Å². The number of furan rings is 1. The van der Waals surface area contributed by atoms with Gasteiger partial charge in [-0.2, -0.15) is 0 Å². The van der Waals surface area contributed by atoms with Crippen molar-refractivity contribution in [1.82, 2.24) is 0 Å². The van der Waals surface area contributed by atoms with Gasteiger partial charge in [-0.05, 0) is 37.1 Å². The molecule has 0 saturated carbocycles. The Kier molecular flexibility index (Phi) is 5.24. The van der Waals surface area contributed by atoms with Crippen LogP contribution >= 0.6 is 11.6 Å². The highest BCUT2D eigenvalue weighted by molar-refractivity contribution is 6.31.